The standard InChI is InChI=1S/C64H95N15O13/c65-23-9-7-18-44(67)55(83)72-45(19-8-10-24-66)56(84)73-46(20-11-25-70-64(68)69)60(88)77-26-12-22-49(77)61(89)78-34-43(81)32-50(78)58(86)71-33-52(82)75-53(41-27-36-13-1-2-14-37(36)28-41)59(87)74-47(35-80)57(85)76-54(42-29-38-15-3-4-16-39(38)30-42)62(90)79-48-21-6-5-17-40(48)31-51(79)63(91)92/h1-4,13-16,40-51,53-54,80-81H,5-12,17-35,65-67H2,(H,71,86)(H,72,83)(H,73,84)(H,74,87)(H,75,82)(H,76,85)(H,91,92)(H4,68,69,70)/t40?,43-,44+,45+,46+,47+,48?,49+,50+,51+,53+,54-/m1/s1. The second-order valence-corrected chi connectivity index (χ2v) is 25.6. The molecule has 3 saturated heterocycles. The Kier molecular flexibility index (Phi) is 25.3. The molecule has 12 atom stereocenters. The molecule has 19 N–H and O–H groups in total. The van der Waals surface area contributed by atoms with Crippen LogP contribution in [0.15, 0.2) is 53.5 Å². The summed E-state index contributed by atoms with van der Waals surface area (Å²) in [4.78, 5) is 150. The Hall–Kier alpha value is -7.79. The van der Waals surface area contributed by atoms with E-state index in [2.05, 4.69) is 36.9 Å². The van der Waals surface area contributed by atoms with Gasteiger partial charge >= 0.3 is 5.97 Å². The number of aliphatic hydroxyl groups excluding tert-OH is 2. The molecule has 4 fully saturated rings. The zero-order valence-corrected chi connectivity index (χ0v) is 52.4. The number of carboxylic acid groups (broad SMARTS) is 1. The molecule has 2 aromatic carbocycles. The van der Waals surface area contributed by atoms with Crippen LogP contribution in [0.5, 0.6) is 0 Å². The first-order valence-electron chi connectivity index (χ1n) is 32.8. The number of aliphatic imine (C=N–C) groups is 1. The lowest BCUT2D eigenvalue weighted by molar-refractivity contribution is -0.152. The van der Waals surface area contributed by atoms with Crippen LogP contribution in [0, 0.1) is 17.8 Å². The van der Waals surface area contributed by atoms with Crippen LogP contribution in [0.2, 0.25) is 0 Å². The molecule has 3 aliphatic carbocycles. The molecule has 0 spiro atoms. The van der Waals surface area contributed by atoms with E-state index >= 15 is 0 Å². The van der Waals surface area contributed by atoms with Crippen LogP contribution in [0.3, 0.4) is 0 Å². The average molecular weight is 1280 g/mol. The van der Waals surface area contributed by atoms with Crippen LogP contribution < -0.4 is 60.6 Å². The number of benzene rings is 2. The van der Waals surface area contributed by atoms with E-state index in [1.807, 2.05) is 48.5 Å². The molecule has 3 aliphatic heterocycles. The van der Waals surface area contributed by atoms with Gasteiger partial charge in [0, 0.05) is 32.1 Å². The number of nitrogens with one attached hydrogen (secondary N) is 6. The number of rotatable bonds is 31. The Labute approximate surface area is 536 Å². The van der Waals surface area contributed by atoms with Crippen LogP contribution in [0.4, 0.5) is 0 Å². The molecule has 504 valence electrons. The minimum absolute atomic E-state index is 0.00657. The van der Waals surface area contributed by atoms with Crippen LogP contribution in [-0.4, -0.2) is 208 Å². The number of likely N-dealkylation sites (tertiary alicyclic amines) is 3. The number of amides is 9. The van der Waals surface area contributed by atoms with E-state index in [1.54, 1.807) is 0 Å². The molecule has 92 heavy (non-hydrogen) atoms. The lowest BCUT2D eigenvalue weighted by Gasteiger charge is -2.37. The van der Waals surface area contributed by atoms with Crippen molar-refractivity contribution in [3.8, 4) is 0 Å². The Morgan fingerprint density at radius 1 is 0.598 bits per heavy atom. The number of guanidine groups is 1. The van der Waals surface area contributed by atoms with Gasteiger partial charge in [0.25, 0.3) is 0 Å². The third-order valence-corrected chi connectivity index (χ3v) is 19.3. The van der Waals surface area contributed by atoms with Crippen molar-refractivity contribution in [2.24, 2.45) is 51.4 Å². The molecule has 2 unspecified atom stereocenters. The van der Waals surface area contributed by atoms with E-state index in [0.717, 1.165) is 41.5 Å². The molecule has 2 aromatic rings. The Balaban J connectivity index is 0.934. The zero-order valence-electron chi connectivity index (χ0n) is 52.4. The third kappa shape index (κ3) is 17.7. The third-order valence-electron chi connectivity index (χ3n) is 19.3. The van der Waals surface area contributed by atoms with Gasteiger partial charge < -0.3 is 90.6 Å². The number of aliphatic carboxylic acids is 1. The van der Waals surface area contributed by atoms with E-state index in [0.29, 0.717) is 90.1 Å². The summed E-state index contributed by atoms with van der Waals surface area (Å²) in [5.41, 5.74) is 32.5. The van der Waals surface area contributed by atoms with Crippen LogP contribution in [0.1, 0.15) is 125 Å². The first-order chi connectivity index (χ1) is 44.2. The molecule has 3 heterocycles. The quantitative estimate of drug-likeness (QED) is 0.0206. The zero-order chi connectivity index (χ0) is 66.2. The highest BCUT2D eigenvalue weighted by Gasteiger charge is 2.52. The number of carboxylic acids is 1. The normalized spacial score (nSPS) is 22.9. The van der Waals surface area contributed by atoms with Crippen molar-refractivity contribution in [2.75, 3.05) is 45.9 Å². The minimum atomic E-state index is -1.63. The van der Waals surface area contributed by atoms with E-state index in [9.17, 15) is 63.3 Å². The number of β-amino-alcohol motifs (C(OH)–C–C–N with tert-alkyl or cyclic N) is 1. The first-order valence-corrected chi connectivity index (χ1v) is 32.8. The summed E-state index contributed by atoms with van der Waals surface area (Å²) < 4.78 is 0. The SMILES string of the molecule is NCCCC[C@H](NC(=O)[C@@H](N)CCCCN)C(=O)N[C@@H](CCCN=C(N)N)C(=O)N1CCC[C@H]1C(=O)N1C[C@H](O)C[C@H]1C(=O)NCC(=O)N[C@H](C(=O)N[C@@H](CO)C(=O)N[C@@H](C(=O)N1C2CCCCC2C[C@H]1C(=O)O)C1Cc2ccccc2C1)C1Cc2ccccc2C1. The summed E-state index contributed by atoms with van der Waals surface area (Å²) in [7, 11) is 0. The van der Waals surface area contributed by atoms with Gasteiger partial charge in [-0.1, -0.05) is 67.8 Å². The lowest BCUT2D eigenvalue weighted by atomic mass is 9.84. The second kappa shape index (κ2) is 33.2. The average Bonchev–Trinajstić information content (AvgIpc) is 1.62. The topological polar surface area (TPSA) is 456 Å². The Morgan fingerprint density at radius 3 is 1.78 bits per heavy atom. The molecule has 0 bridgehead atoms. The fraction of sp³-hybridized carbons (Fsp3) is 0.641. The van der Waals surface area contributed by atoms with E-state index in [4.69, 9.17) is 28.7 Å². The number of carbonyl (C=O) groups excluding carboxylic acids is 9. The number of carbonyl (C=O) groups is 10. The van der Waals surface area contributed by atoms with Gasteiger partial charge in [-0.25, -0.2) is 4.79 Å². The fourth-order valence-electron chi connectivity index (χ4n) is 14.5. The maximum Gasteiger partial charge on any atom is 0.326 e. The van der Waals surface area contributed by atoms with E-state index < -0.39 is 145 Å². The molecular formula is C64H95N15O13. The summed E-state index contributed by atoms with van der Waals surface area (Å²) in [6, 6.07) is 3.86. The van der Waals surface area contributed by atoms with Crippen LogP contribution in [-0.2, 0) is 73.6 Å². The maximum absolute atomic E-state index is 14.9. The number of nitrogens with zero attached hydrogens (tertiary/aromatic N) is 4. The van der Waals surface area contributed by atoms with Gasteiger partial charge in [0.1, 0.15) is 48.3 Å². The van der Waals surface area contributed by atoms with Crippen molar-refractivity contribution in [3.63, 3.8) is 0 Å². The van der Waals surface area contributed by atoms with Gasteiger partial charge in [-0.15, -0.1) is 0 Å². The number of unbranched alkanes of at least 4 members (excludes halogenated alkanes) is 2. The van der Waals surface area contributed by atoms with Crippen molar-refractivity contribution in [1.82, 2.24) is 46.6 Å². The number of fused-ring (bicyclic) bond motifs is 3. The summed E-state index contributed by atoms with van der Waals surface area (Å²) in [6.07, 6.45) is 7.16. The second-order valence-electron chi connectivity index (χ2n) is 25.6. The van der Waals surface area contributed by atoms with E-state index in [1.165, 1.54) is 14.7 Å². The Morgan fingerprint density at radius 2 is 1.17 bits per heavy atom. The number of nitrogens with two attached hydrogens (primary N) is 5. The van der Waals surface area contributed by atoms with Crippen molar-refractivity contribution < 1.29 is 63.3 Å². The van der Waals surface area contributed by atoms with Gasteiger partial charge in [0.2, 0.25) is 53.2 Å². The fourth-order valence-corrected chi connectivity index (χ4v) is 14.5. The molecular weight excluding hydrogens is 1190 g/mol. The van der Waals surface area contributed by atoms with Crippen LogP contribution >= 0.6 is 0 Å². The van der Waals surface area contributed by atoms with Crippen molar-refractivity contribution in [3.05, 3.63) is 70.8 Å². The van der Waals surface area contributed by atoms with Gasteiger partial charge in [0.05, 0.1) is 25.3 Å². The summed E-state index contributed by atoms with van der Waals surface area (Å²) in [5.74, 6) is -8.74. The summed E-state index contributed by atoms with van der Waals surface area (Å²) in [6.45, 7) is -0.924. The molecule has 9 amide bonds. The molecule has 1 saturated carbocycles. The van der Waals surface area contributed by atoms with E-state index in [-0.39, 0.29) is 69.7 Å². The molecule has 8 rings (SSSR count). The molecule has 28 heteroatoms. The van der Waals surface area contributed by atoms with Crippen molar-refractivity contribution in [1.29, 1.82) is 0 Å². The van der Waals surface area contributed by atoms with Crippen LogP contribution in [0.25, 0.3) is 0 Å². The number of hydrogen-bond acceptors (Lipinski definition) is 16. The highest BCUT2D eigenvalue weighted by Crippen LogP contribution is 2.41. The van der Waals surface area contributed by atoms with Crippen molar-refractivity contribution in [2.45, 2.75) is 195 Å². The first kappa shape index (κ1) is 70.1. The number of hydrogen-bond donors (Lipinski definition) is 14. The predicted molar refractivity (Wildman–Crippen MR) is 338 cm³/mol. The molecule has 28 nitrogen and oxygen atoms in total. The van der Waals surface area contributed by atoms with Crippen molar-refractivity contribution >= 4 is 65.1 Å². The van der Waals surface area contributed by atoms with Gasteiger partial charge in [0.15, 0.2) is 5.96 Å². The maximum atomic E-state index is 14.9. The lowest BCUT2D eigenvalue weighted by Crippen LogP contribution is -2.62. The highest BCUT2D eigenvalue weighted by atomic mass is 16.4. The Bertz CT molecular complexity index is 2950. The van der Waals surface area contributed by atoms with Gasteiger partial charge in [-0.3, -0.25) is 48.1 Å². The molecule has 0 aromatic heterocycles. The largest absolute Gasteiger partial charge is 0.480 e. The number of aliphatic hydroxyl groups is 2. The summed E-state index contributed by atoms with van der Waals surface area (Å²) in [5, 5.41) is 48.5. The van der Waals surface area contributed by atoms with Gasteiger partial charge in [-0.05, 0) is 156 Å². The minimum Gasteiger partial charge on any atom is -0.480 e. The predicted octanol–water partition coefficient (Wildman–Crippen LogP) is -2.82. The smallest absolute Gasteiger partial charge is 0.326 e. The summed E-state index contributed by atoms with van der Waals surface area (Å²) >= 11 is 0. The molecule has 0 radical (unpaired) electrons. The van der Waals surface area contributed by atoms with Gasteiger partial charge in [-0.2, -0.15) is 0 Å². The molecule has 6 aliphatic rings. The highest BCUT2D eigenvalue weighted by molar-refractivity contribution is 5.99. The monoisotopic (exact) mass is 1280 g/mol.